The van der Waals surface area contributed by atoms with Crippen molar-refractivity contribution in [3.05, 3.63) is 58.6 Å². The van der Waals surface area contributed by atoms with Crippen LogP contribution in [0.3, 0.4) is 0 Å². The summed E-state index contributed by atoms with van der Waals surface area (Å²) in [7, 11) is 1.36. The van der Waals surface area contributed by atoms with Crippen molar-refractivity contribution < 1.29 is 22.7 Å². The lowest BCUT2D eigenvalue weighted by molar-refractivity contribution is -0.146. The molecule has 0 atom stereocenters. The van der Waals surface area contributed by atoms with E-state index in [4.69, 9.17) is 20.1 Å². The Morgan fingerprint density at radius 2 is 1.76 bits per heavy atom. The van der Waals surface area contributed by atoms with Gasteiger partial charge in [-0.05, 0) is 44.9 Å². The number of methoxy groups -OCH3 is 1. The Bertz CT molecular complexity index is 1190. The highest BCUT2D eigenvalue weighted by Crippen LogP contribution is 2.31. The molecule has 0 unspecified atom stereocenters. The van der Waals surface area contributed by atoms with E-state index in [1.54, 1.807) is 13.8 Å². The predicted octanol–water partition coefficient (Wildman–Crippen LogP) is 5.68. The number of alkyl halides is 3. The fraction of sp³-hybridized carbons (Fsp3) is 0.481. The highest BCUT2D eigenvalue weighted by atomic mass is 19.4. The minimum atomic E-state index is -4.59. The smallest absolute Gasteiger partial charge is 0.419 e. The maximum Gasteiger partial charge on any atom is 0.419 e. The number of amidine groups is 1. The molecule has 200 valence electrons. The van der Waals surface area contributed by atoms with Crippen molar-refractivity contribution in [1.82, 2.24) is 14.9 Å². The van der Waals surface area contributed by atoms with Gasteiger partial charge in [0.2, 0.25) is 0 Å². The van der Waals surface area contributed by atoms with Gasteiger partial charge >= 0.3 is 12.1 Å². The molecule has 0 saturated carbocycles. The lowest BCUT2D eigenvalue weighted by Crippen LogP contribution is -2.37. The van der Waals surface area contributed by atoms with Gasteiger partial charge in [0.15, 0.2) is 0 Å². The highest BCUT2D eigenvalue weighted by Gasteiger charge is 2.38. The van der Waals surface area contributed by atoms with Crippen LogP contribution in [0.4, 0.5) is 24.7 Å². The average molecular weight is 518 g/mol. The van der Waals surface area contributed by atoms with Crippen molar-refractivity contribution in [1.29, 1.82) is 5.41 Å². The van der Waals surface area contributed by atoms with Gasteiger partial charge in [-0.2, -0.15) is 13.2 Å². The number of hydrogen-bond acceptors (Lipinski definition) is 6. The summed E-state index contributed by atoms with van der Waals surface area (Å²) >= 11 is 0. The van der Waals surface area contributed by atoms with Crippen LogP contribution in [0.5, 0.6) is 0 Å². The largest absolute Gasteiger partial charge is 0.468 e. The summed E-state index contributed by atoms with van der Waals surface area (Å²) in [6, 6.07) is 7.40. The van der Waals surface area contributed by atoms with E-state index in [9.17, 15) is 18.0 Å². The first kappa shape index (κ1) is 28.1. The lowest BCUT2D eigenvalue weighted by Gasteiger charge is -2.25. The Labute approximate surface area is 215 Å². The first-order valence-electron chi connectivity index (χ1n) is 12.2. The number of allylic oxidation sites excluding steroid dienone is 1. The average Bonchev–Trinajstić information content (AvgIpc) is 3.06. The van der Waals surface area contributed by atoms with Crippen LogP contribution in [0.15, 0.2) is 35.9 Å². The molecule has 1 aromatic heterocycles. The minimum absolute atomic E-state index is 0.0478. The maximum absolute atomic E-state index is 13.4. The maximum atomic E-state index is 13.4. The second-order valence-electron chi connectivity index (χ2n) is 9.87. The Hall–Kier alpha value is -3.43. The van der Waals surface area contributed by atoms with Gasteiger partial charge in [0.05, 0.1) is 23.8 Å². The number of nitrogens with zero attached hydrogens (tertiary/aromatic N) is 3. The quantitative estimate of drug-likeness (QED) is 0.291. The van der Waals surface area contributed by atoms with Crippen molar-refractivity contribution in [2.45, 2.75) is 65.0 Å². The van der Waals surface area contributed by atoms with Gasteiger partial charge in [0, 0.05) is 36.7 Å². The van der Waals surface area contributed by atoms with Gasteiger partial charge < -0.3 is 15.0 Å². The van der Waals surface area contributed by atoms with E-state index in [-0.39, 0.29) is 25.0 Å². The van der Waals surface area contributed by atoms with Gasteiger partial charge in [0.1, 0.15) is 17.5 Å². The summed E-state index contributed by atoms with van der Waals surface area (Å²) in [6.45, 7) is 9.34. The van der Waals surface area contributed by atoms with Crippen molar-refractivity contribution in [3.8, 4) is 0 Å². The van der Waals surface area contributed by atoms with Crippen LogP contribution in [-0.4, -0.2) is 53.0 Å². The summed E-state index contributed by atoms with van der Waals surface area (Å²) in [6.07, 6.45) is -2.86. The zero-order valence-corrected chi connectivity index (χ0v) is 22.1. The zero-order valence-electron chi connectivity index (χ0n) is 22.1. The Morgan fingerprint density at radius 3 is 2.30 bits per heavy atom. The number of fused-ring (bicyclic) bond motifs is 1. The summed E-state index contributed by atoms with van der Waals surface area (Å²) in [5.74, 6) is 0.421. The number of anilines is 2. The predicted molar refractivity (Wildman–Crippen MR) is 137 cm³/mol. The third-order valence-corrected chi connectivity index (χ3v) is 6.61. The van der Waals surface area contributed by atoms with Crippen LogP contribution >= 0.6 is 0 Å². The molecule has 0 aliphatic carbocycles. The summed E-state index contributed by atoms with van der Waals surface area (Å²) < 4.78 is 45.1. The number of hydrogen-bond donors (Lipinski definition) is 2. The van der Waals surface area contributed by atoms with Crippen LogP contribution in [0.2, 0.25) is 0 Å². The second-order valence-corrected chi connectivity index (χ2v) is 9.87. The van der Waals surface area contributed by atoms with Crippen molar-refractivity contribution in [3.63, 3.8) is 0 Å². The molecule has 37 heavy (non-hydrogen) atoms. The summed E-state index contributed by atoms with van der Waals surface area (Å²) in [4.78, 5) is 23.1. The number of rotatable bonds is 6. The monoisotopic (exact) mass is 517 g/mol. The molecule has 1 aliphatic heterocycles. The van der Waals surface area contributed by atoms with Crippen molar-refractivity contribution in [2.75, 3.05) is 25.5 Å². The Kier molecular flexibility index (Phi) is 8.29. The fourth-order valence-electron chi connectivity index (χ4n) is 4.29. The summed E-state index contributed by atoms with van der Waals surface area (Å²) in [5, 5.41) is 11.6. The van der Waals surface area contributed by atoms with Gasteiger partial charge in [-0.15, -0.1) is 0 Å². The number of ether oxygens (including phenoxy) is 1. The molecular weight excluding hydrogens is 483 g/mol. The number of carbonyl (C=O) groups is 1. The van der Waals surface area contributed by atoms with Crippen LogP contribution < -0.4 is 5.32 Å². The molecule has 2 N–H and O–H groups in total. The van der Waals surface area contributed by atoms with Gasteiger partial charge in [-0.1, -0.05) is 32.1 Å². The van der Waals surface area contributed by atoms with E-state index >= 15 is 0 Å². The highest BCUT2D eigenvalue weighted by molar-refractivity contribution is 5.97. The topological polar surface area (TPSA) is 91.2 Å². The normalized spacial score (nSPS) is 14.8. The van der Waals surface area contributed by atoms with Crippen LogP contribution in [0, 0.1) is 5.41 Å². The fourth-order valence-corrected chi connectivity index (χ4v) is 4.29. The van der Waals surface area contributed by atoms with E-state index in [1.807, 2.05) is 38.1 Å². The first-order chi connectivity index (χ1) is 17.3. The molecule has 0 saturated heterocycles. The molecule has 3 rings (SSSR count). The second kappa shape index (κ2) is 10.9. The third kappa shape index (κ3) is 6.11. The van der Waals surface area contributed by atoms with Crippen molar-refractivity contribution in [2.24, 2.45) is 0 Å². The Balaban J connectivity index is 1.91. The molecule has 10 heteroatoms. The minimum Gasteiger partial charge on any atom is -0.468 e. The molecule has 2 heterocycles. The third-order valence-electron chi connectivity index (χ3n) is 6.61. The molecular formula is C27H34F3N5O2. The van der Waals surface area contributed by atoms with E-state index in [0.29, 0.717) is 24.5 Å². The van der Waals surface area contributed by atoms with Crippen LogP contribution in [-0.2, 0) is 27.8 Å². The number of benzene rings is 1. The molecule has 1 aliphatic rings. The molecule has 0 fully saturated rings. The molecule has 2 aromatic rings. The van der Waals surface area contributed by atoms with E-state index in [0.717, 1.165) is 28.6 Å². The number of halogens is 3. The molecule has 7 nitrogen and oxygen atoms in total. The molecule has 0 radical (unpaired) electrons. The molecule has 0 spiro atoms. The zero-order chi connectivity index (χ0) is 27.5. The van der Waals surface area contributed by atoms with E-state index in [2.05, 4.69) is 5.32 Å². The first-order valence-corrected chi connectivity index (χ1v) is 12.2. The SMILES string of the molecule is C/C=C(\C(=N)N1CCc2nc(C(C)C)nc(Nc3ccc(C(C)(C)C(=O)OC)cc3)c2CC1)C(F)(F)F. The van der Waals surface area contributed by atoms with Gasteiger partial charge in [-0.3, -0.25) is 10.2 Å². The molecule has 0 bridgehead atoms. The van der Waals surface area contributed by atoms with Crippen LogP contribution in [0.25, 0.3) is 0 Å². The van der Waals surface area contributed by atoms with E-state index < -0.39 is 23.0 Å². The molecule has 1 aromatic carbocycles. The summed E-state index contributed by atoms with van der Waals surface area (Å²) in [5.41, 5.74) is 1.40. The van der Waals surface area contributed by atoms with Gasteiger partial charge in [-0.25, -0.2) is 9.97 Å². The van der Waals surface area contributed by atoms with E-state index in [1.165, 1.54) is 18.9 Å². The lowest BCUT2D eigenvalue weighted by atomic mass is 9.85. The number of nitrogens with one attached hydrogen (secondary N) is 2. The van der Waals surface area contributed by atoms with Gasteiger partial charge in [0.25, 0.3) is 0 Å². The number of esters is 1. The Morgan fingerprint density at radius 1 is 1.14 bits per heavy atom. The molecule has 0 amide bonds. The standard InChI is InChI=1S/C27H34F3N5O2/c1-7-20(27(28,29)30)22(31)35-14-12-19-21(13-15-35)33-23(16(2)3)34-24(19)32-18-10-8-17(9-11-18)26(4,5)25(36)37-6/h7-11,16,31H,12-15H2,1-6H3,(H,32,33,34)/b20-7+,31-22?. The number of aromatic nitrogens is 2. The van der Waals surface area contributed by atoms with Crippen LogP contribution in [0.1, 0.15) is 63.2 Å². The van der Waals surface area contributed by atoms with Crippen molar-refractivity contribution >= 4 is 23.3 Å². The number of carbonyl (C=O) groups excluding carboxylic acids is 1.